The zero-order valence-electron chi connectivity index (χ0n) is 9.25. The molecule has 4 heteroatoms. The van der Waals surface area contributed by atoms with Crippen LogP contribution < -0.4 is 0 Å². The van der Waals surface area contributed by atoms with Crippen molar-refractivity contribution in [2.75, 3.05) is 0 Å². The van der Waals surface area contributed by atoms with Crippen molar-refractivity contribution in [1.29, 1.82) is 0 Å². The molecule has 0 bridgehead atoms. The number of hydrogen-bond donors (Lipinski definition) is 0. The fourth-order valence-corrected chi connectivity index (χ4v) is 1.74. The van der Waals surface area contributed by atoms with Crippen molar-refractivity contribution in [2.24, 2.45) is 0 Å². The van der Waals surface area contributed by atoms with Gasteiger partial charge in [0.25, 0.3) is 0 Å². The maximum atomic E-state index is 12.1. The molecule has 0 fully saturated rings. The van der Waals surface area contributed by atoms with E-state index in [2.05, 4.69) is 4.58 Å². The fourth-order valence-electron chi connectivity index (χ4n) is 1.74. The first-order valence-corrected chi connectivity index (χ1v) is 5.39. The van der Waals surface area contributed by atoms with Crippen LogP contribution >= 0.6 is 0 Å². The van der Waals surface area contributed by atoms with Crippen LogP contribution in [0.3, 0.4) is 0 Å². The molecule has 3 rings (SSSR count). The molecule has 0 radical (unpaired) electrons. The topological polar surface area (TPSA) is 60.4 Å². The third kappa shape index (κ3) is 1.55. The lowest BCUT2D eigenvalue weighted by Crippen LogP contribution is -2.15. The highest BCUT2D eigenvalue weighted by molar-refractivity contribution is 6.50. The van der Waals surface area contributed by atoms with Crippen molar-refractivity contribution >= 4 is 22.7 Å². The average molecular weight is 240 g/mol. The number of hydrogen-bond acceptors (Lipinski definition) is 4. The summed E-state index contributed by atoms with van der Waals surface area (Å²) in [6, 6.07) is 13.3. The van der Waals surface area contributed by atoms with Crippen molar-refractivity contribution in [3.8, 4) is 0 Å². The third-order valence-electron chi connectivity index (χ3n) is 2.68. The van der Waals surface area contributed by atoms with Crippen LogP contribution in [-0.4, -0.2) is 11.6 Å². The Morgan fingerprint density at radius 3 is 2.22 bits per heavy atom. The van der Waals surface area contributed by atoms with E-state index in [1.165, 1.54) is 0 Å². The van der Waals surface area contributed by atoms with Crippen LogP contribution in [0.4, 0.5) is 0 Å². The Bertz CT molecular complexity index is 718. The molecule has 1 heterocycles. The summed E-state index contributed by atoms with van der Waals surface area (Å²) in [6.07, 6.45) is 0. The first kappa shape index (κ1) is 10.5. The Hall–Kier alpha value is -2.62. The average Bonchev–Trinajstić information content (AvgIpc) is 2.39. The van der Waals surface area contributed by atoms with E-state index >= 15 is 0 Å². The van der Waals surface area contributed by atoms with Gasteiger partial charge in [0.2, 0.25) is 22.7 Å². The van der Waals surface area contributed by atoms with E-state index < -0.39 is 11.6 Å². The molecule has 1 aromatic heterocycles. The Balaban J connectivity index is 2.00. The van der Waals surface area contributed by atoms with Gasteiger partial charge in [-0.2, -0.15) is 0 Å². The number of carbonyl (C=O) groups is 2. The summed E-state index contributed by atoms with van der Waals surface area (Å²) < 4.78 is 9.43. The summed E-state index contributed by atoms with van der Waals surface area (Å²) in [5, 5.41) is 0. The summed E-state index contributed by atoms with van der Waals surface area (Å²) in [4.78, 5) is 24.1. The quantitative estimate of drug-likeness (QED) is 0.401. The van der Waals surface area contributed by atoms with Crippen LogP contribution in [0.2, 0.25) is 0 Å². The van der Waals surface area contributed by atoms with Crippen molar-refractivity contribution in [2.45, 2.75) is 0 Å². The van der Waals surface area contributed by atoms with Crippen molar-refractivity contribution < 1.29 is 18.7 Å². The minimum absolute atomic E-state index is 0.229. The zero-order valence-corrected chi connectivity index (χ0v) is 9.25. The minimum atomic E-state index is -0.596. The lowest BCUT2D eigenvalue weighted by Gasteiger charge is -2.04. The molecule has 0 saturated heterocycles. The first-order chi connectivity index (χ1) is 8.77. The molecule has 0 saturated carbocycles. The molecule has 88 valence electrons. The normalized spacial score (nSPS) is 10.7. The Morgan fingerprint density at radius 2 is 1.56 bits per heavy atom. The predicted molar refractivity (Wildman–Crippen MR) is 63.6 cm³/mol. The first-order valence-electron chi connectivity index (χ1n) is 5.39. The van der Waals surface area contributed by atoms with Gasteiger partial charge in [0, 0.05) is 5.56 Å². The summed E-state index contributed by atoms with van der Waals surface area (Å²) in [5.41, 5.74) is 1.39. The molecule has 0 amide bonds. The molecule has 4 nitrogen and oxygen atoms in total. The van der Waals surface area contributed by atoms with E-state index in [1.807, 2.05) is 0 Å². The van der Waals surface area contributed by atoms with Gasteiger partial charge in [0.05, 0.1) is 5.56 Å². The Kier molecular flexibility index (Phi) is 2.34. The molecule has 3 aromatic rings. The molecule has 0 N–H and O–H groups in total. The second-order valence-corrected chi connectivity index (χ2v) is 3.82. The number of rotatable bonds is 3. The minimum Gasteiger partial charge on any atom is -0.286 e. The summed E-state index contributed by atoms with van der Waals surface area (Å²) in [7, 11) is 0. The van der Waals surface area contributed by atoms with E-state index in [-0.39, 0.29) is 5.56 Å². The van der Waals surface area contributed by atoms with Crippen molar-refractivity contribution in [3.05, 3.63) is 59.7 Å². The maximum Gasteiger partial charge on any atom is 0.237 e. The SMILES string of the molecule is O=C(C(=O)c1cccc2ooc12)c1ccccc1. The van der Waals surface area contributed by atoms with E-state index in [0.717, 1.165) is 0 Å². The number of fused-ring (bicyclic) bond motifs is 1. The van der Waals surface area contributed by atoms with E-state index in [1.54, 1.807) is 48.5 Å². The monoisotopic (exact) mass is 240 g/mol. The molecule has 0 unspecified atom stereocenters. The summed E-state index contributed by atoms with van der Waals surface area (Å²) in [6.45, 7) is 0. The molecule has 0 aliphatic heterocycles. The lowest BCUT2D eigenvalue weighted by molar-refractivity contribution is 0.0572. The van der Waals surface area contributed by atoms with Crippen molar-refractivity contribution in [1.82, 2.24) is 0 Å². The fraction of sp³-hybridized carbons (Fsp3) is 0. The van der Waals surface area contributed by atoms with Gasteiger partial charge in [-0.3, -0.25) is 18.7 Å². The van der Waals surface area contributed by atoms with E-state index in [9.17, 15) is 9.59 Å². The van der Waals surface area contributed by atoms with E-state index in [4.69, 9.17) is 4.58 Å². The third-order valence-corrected chi connectivity index (χ3v) is 2.68. The largest absolute Gasteiger partial charge is 0.286 e. The van der Waals surface area contributed by atoms with Crippen LogP contribution in [0.1, 0.15) is 20.7 Å². The van der Waals surface area contributed by atoms with Crippen LogP contribution in [0.25, 0.3) is 11.2 Å². The molecule has 18 heavy (non-hydrogen) atoms. The van der Waals surface area contributed by atoms with Gasteiger partial charge in [-0.1, -0.05) is 36.4 Å². The number of carbonyl (C=O) groups excluding carboxylic acids is 2. The van der Waals surface area contributed by atoms with Crippen LogP contribution in [0, 0.1) is 0 Å². The zero-order chi connectivity index (χ0) is 12.5. The van der Waals surface area contributed by atoms with Gasteiger partial charge in [-0.25, -0.2) is 0 Å². The van der Waals surface area contributed by atoms with Crippen LogP contribution in [0.15, 0.2) is 57.7 Å². The van der Waals surface area contributed by atoms with Crippen LogP contribution in [-0.2, 0) is 0 Å². The Morgan fingerprint density at radius 1 is 0.778 bits per heavy atom. The predicted octanol–water partition coefficient (Wildman–Crippen LogP) is 3.09. The molecular weight excluding hydrogens is 232 g/mol. The molecule has 0 aliphatic rings. The van der Waals surface area contributed by atoms with E-state index in [0.29, 0.717) is 16.7 Å². The second kappa shape index (κ2) is 4.00. The Labute approximate surface area is 102 Å². The molecular formula is C14H8O4. The number of benzene rings is 2. The molecule has 0 spiro atoms. The van der Waals surface area contributed by atoms with Gasteiger partial charge >= 0.3 is 0 Å². The number of para-hydroxylation sites is 1. The highest BCUT2D eigenvalue weighted by atomic mass is 17.0. The highest BCUT2D eigenvalue weighted by Gasteiger charge is 2.23. The molecule has 0 atom stereocenters. The summed E-state index contributed by atoms with van der Waals surface area (Å²) in [5.74, 6) is -1.15. The smallest absolute Gasteiger partial charge is 0.237 e. The van der Waals surface area contributed by atoms with Crippen molar-refractivity contribution in [3.63, 3.8) is 0 Å². The summed E-state index contributed by atoms with van der Waals surface area (Å²) >= 11 is 0. The van der Waals surface area contributed by atoms with Gasteiger partial charge in [0.15, 0.2) is 0 Å². The van der Waals surface area contributed by atoms with Crippen LogP contribution in [0.5, 0.6) is 0 Å². The molecule has 0 aliphatic carbocycles. The van der Waals surface area contributed by atoms with Gasteiger partial charge in [0.1, 0.15) is 0 Å². The second-order valence-electron chi connectivity index (χ2n) is 3.82. The number of ketones is 2. The molecule has 2 aromatic carbocycles. The van der Waals surface area contributed by atoms with Gasteiger partial charge < -0.3 is 0 Å². The maximum absolute atomic E-state index is 12.1. The van der Waals surface area contributed by atoms with Gasteiger partial charge in [-0.15, -0.1) is 0 Å². The number of Topliss-reactive ketones (excluding diaryl/α,β-unsaturated/α-hetero) is 2. The standard InChI is InChI=1S/C14H8O4/c15-12(9-5-2-1-3-6-9)13(16)10-7-4-8-11-14(10)18-17-11/h1-8H. The highest BCUT2D eigenvalue weighted by Crippen LogP contribution is 2.23. The lowest BCUT2D eigenvalue weighted by atomic mass is 10.0. The van der Waals surface area contributed by atoms with Gasteiger partial charge in [-0.05, 0) is 12.1 Å².